The Morgan fingerprint density at radius 2 is 1.83 bits per heavy atom. The molecule has 0 bridgehead atoms. The first-order valence-electron chi connectivity index (χ1n) is 6.12. The first-order chi connectivity index (χ1) is 8.69. The van der Waals surface area contributed by atoms with Crippen molar-refractivity contribution in [3.8, 4) is 0 Å². The standard InChI is InChI=1S/C15H19N3/c1-11-3-5-13(6-4-11)8-15(18-16)14-7-12(2)9-17-10-14/h3-7,9-10,15,18H,8,16H2,1-2H3. The van der Waals surface area contributed by atoms with E-state index in [9.17, 15) is 0 Å². The summed E-state index contributed by atoms with van der Waals surface area (Å²) in [4.78, 5) is 4.21. The summed E-state index contributed by atoms with van der Waals surface area (Å²) in [5.74, 6) is 5.65. The highest BCUT2D eigenvalue weighted by Gasteiger charge is 2.10. The molecule has 1 aromatic carbocycles. The van der Waals surface area contributed by atoms with Crippen LogP contribution in [0.15, 0.2) is 42.7 Å². The monoisotopic (exact) mass is 241 g/mol. The number of hydrazine groups is 1. The fraction of sp³-hybridized carbons (Fsp3) is 0.267. The minimum atomic E-state index is 0.0973. The number of aromatic nitrogens is 1. The molecule has 1 atom stereocenters. The summed E-state index contributed by atoms with van der Waals surface area (Å²) in [5.41, 5.74) is 7.68. The highest BCUT2D eigenvalue weighted by atomic mass is 15.2. The Bertz CT molecular complexity index is 505. The predicted molar refractivity (Wildman–Crippen MR) is 73.9 cm³/mol. The molecule has 3 nitrogen and oxygen atoms in total. The van der Waals surface area contributed by atoms with Gasteiger partial charge in [0.15, 0.2) is 0 Å². The SMILES string of the molecule is Cc1ccc(CC(NN)c2cncc(C)c2)cc1. The van der Waals surface area contributed by atoms with E-state index in [-0.39, 0.29) is 6.04 Å². The number of nitrogens with one attached hydrogen (secondary N) is 1. The van der Waals surface area contributed by atoms with Gasteiger partial charge in [-0.3, -0.25) is 16.3 Å². The van der Waals surface area contributed by atoms with Crippen LogP contribution in [0.25, 0.3) is 0 Å². The minimum absolute atomic E-state index is 0.0973. The quantitative estimate of drug-likeness (QED) is 0.638. The van der Waals surface area contributed by atoms with Gasteiger partial charge < -0.3 is 0 Å². The molecule has 1 unspecified atom stereocenters. The van der Waals surface area contributed by atoms with Crippen LogP contribution in [0.1, 0.15) is 28.3 Å². The van der Waals surface area contributed by atoms with Crippen LogP contribution in [-0.2, 0) is 6.42 Å². The van der Waals surface area contributed by atoms with Crippen molar-refractivity contribution in [2.24, 2.45) is 5.84 Å². The van der Waals surface area contributed by atoms with Crippen LogP contribution in [0.2, 0.25) is 0 Å². The maximum absolute atomic E-state index is 5.65. The zero-order chi connectivity index (χ0) is 13.0. The van der Waals surface area contributed by atoms with Gasteiger partial charge in [-0.15, -0.1) is 0 Å². The number of pyridine rings is 1. The summed E-state index contributed by atoms with van der Waals surface area (Å²) in [7, 11) is 0. The highest BCUT2D eigenvalue weighted by Crippen LogP contribution is 2.18. The van der Waals surface area contributed by atoms with E-state index in [2.05, 4.69) is 47.7 Å². The van der Waals surface area contributed by atoms with Crippen LogP contribution in [0.5, 0.6) is 0 Å². The Kier molecular flexibility index (Phi) is 4.07. The Labute approximate surface area is 108 Å². The van der Waals surface area contributed by atoms with Crippen molar-refractivity contribution in [2.45, 2.75) is 26.3 Å². The Morgan fingerprint density at radius 3 is 2.44 bits per heavy atom. The lowest BCUT2D eigenvalue weighted by molar-refractivity contribution is 0.550. The smallest absolute Gasteiger partial charge is 0.0515 e. The van der Waals surface area contributed by atoms with Crippen molar-refractivity contribution in [2.75, 3.05) is 0 Å². The van der Waals surface area contributed by atoms with Gasteiger partial charge >= 0.3 is 0 Å². The second-order valence-corrected chi connectivity index (χ2v) is 4.70. The highest BCUT2D eigenvalue weighted by molar-refractivity contribution is 5.26. The van der Waals surface area contributed by atoms with E-state index in [1.165, 1.54) is 11.1 Å². The fourth-order valence-electron chi connectivity index (χ4n) is 2.00. The predicted octanol–water partition coefficient (Wildman–Crippen LogP) is 2.45. The molecule has 1 aromatic heterocycles. The van der Waals surface area contributed by atoms with Gasteiger partial charge in [0.1, 0.15) is 0 Å². The van der Waals surface area contributed by atoms with Crippen molar-refractivity contribution >= 4 is 0 Å². The third-order valence-electron chi connectivity index (χ3n) is 3.06. The average molecular weight is 241 g/mol. The summed E-state index contributed by atoms with van der Waals surface area (Å²) < 4.78 is 0. The van der Waals surface area contributed by atoms with Crippen molar-refractivity contribution in [3.63, 3.8) is 0 Å². The first-order valence-corrected chi connectivity index (χ1v) is 6.12. The van der Waals surface area contributed by atoms with Gasteiger partial charge in [-0.2, -0.15) is 0 Å². The molecule has 0 aliphatic carbocycles. The molecule has 0 aliphatic heterocycles. The second kappa shape index (κ2) is 5.76. The molecule has 0 radical (unpaired) electrons. The van der Waals surface area contributed by atoms with E-state index in [0.29, 0.717) is 0 Å². The number of hydrogen-bond acceptors (Lipinski definition) is 3. The average Bonchev–Trinajstić information content (AvgIpc) is 2.38. The lowest BCUT2D eigenvalue weighted by atomic mass is 9.99. The van der Waals surface area contributed by atoms with Crippen LogP contribution < -0.4 is 11.3 Å². The molecule has 0 amide bonds. The van der Waals surface area contributed by atoms with Crippen LogP contribution in [0.3, 0.4) is 0 Å². The maximum Gasteiger partial charge on any atom is 0.0515 e. The zero-order valence-electron chi connectivity index (χ0n) is 10.9. The molecule has 2 aromatic rings. The van der Waals surface area contributed by atoms with Crippen LogP contribution in [0, 0.1) is 13.8 Å². The van der Waals surface area contributed by atoms with Crippen LogP contribution in [0.4, 0.5) is 0 Å². The Balaban J connectivity index is 2.17. The topological polar surface area (TPSA) is 50.9 Å². The number of benzene rings is 1. The summed E-state index contributed by atoms with van der Waals surface area (Å²) >= 11 is 0. The summed E-state index contributed by atoms with van der Waals surface area (Å²) in [5, 5.41) is 0. The van der Waals surface area contributed by atoms with Gasteiger partial charge in [-0.05, 0) is 37.0 Å². The summed E-state index contributed by atoms with van der Waals surface area (Å²) in [6.07, 6.45) is 4.58. The molecule has 3 N–H and O–H groups in total. The summed E-state index contributed by atoms with van der Waals surface area (Å²) in [6.45, 7) is 4.13. The number of rotatable bonds is 4. The van der Waals surface area contributed by atoms with Crippen molar-refractivity contribution in [1.82, 2.24) is 10.4 Å². The minimum Gasteiger partial charge on any atom is -0.271 e. The second-order valence-electron chi connectivity index (χ2n) is 4.70. The van der Waals surface area contributed by atoms with E-state index in [4.69, 9.17) is 5.84 Å². The Morgan fingerprint density at radius 1 is 1.11 bits per heavy atom. The first kappa shape index (κ1) is 12.7. The fourth-order valence-corrected chi connectivity index (χ4v) is 2.00. The number of hydrogen-bond donors (Lipinski definition) is 2. The van der Waals surface area contributed by atoms with Crippen LogP contribution >= 0.6 is 0 Å². The molecule has 0 saturated carbocycles. The molecular formula is C15H19N3. The molecule has 0 saturated heterocycles. The maximum atomic E-state index is 5.65. The number of nitrogens with two attached hydrogens (primary N) is 1. The van der Waals surface area contributed by atoms with Crippen molar-refractivity contribution < 1.29 is 0 Å². The molecule has 18 heavy (non-hydrogen) atoms. The molecule has 1 heterocycles. The van der Waals surface area contributed by atoms with E-state index in [0.717, 1.165) is 17.5 Å². The van der Waals surface area contributed by atoms with Gasteiger partial charge in [-0.1, -0.05) is 35.9 Å². The normalized spacial score (nSPS) is 12.4. The molecule has 3 heteroatoms. The Hall–Kier alpha value is -1.71. The molecule has 0 fully saturated rings. The molecule has 0 aliphatic rings. The zero-order valence-corrected chi connectivity index (χ0v) is 10.9. The third kappa shape index (κ3) is 3.15. The van der Waals surface area contributed by atoms with Crippen LogP contribution in [-0.4, -0.2) is 4.98 Å². The van der Waals surface area contributed by atoms with Gasteiger partial charge in [0.05, 0.1) is 6.04 Å². The molecule has 94 valence electrons. The van der Waals surface area contributed by atoms with E-state index in [1.54, 1.807) is 0 Å². The van der Waals surface area contributed by atoms with Gasteiger partial charge in [-0.25, -0.2) is 0 Å². The molecule has 0 spiro atoms. The van der Waals surface area contributed by atoms with Gasteiger partial charge in [0, 0.05) is 12.4 Å². The lowest BCUT2D eigenvalue weighted by Gasteiger charge is -2.16. The van der Waals surface area contributed by atoms with E-state index >= 15 is 0 Å². The van der Waals surface area contributed by atoms with Gasteiger partial charge in [0.2, 0.25) is 0 Å². The largest absolute Gasteiger partial charge is 0.271 e. The molecule has 2 rings (SSSR count). The number of aryl methyl sites for hydroxylation is 2. The number of nitrogens with zero attached hydrogens (tertiary/aromatic N) is 1. The van der Waals surface area contributed by atoms with E-state index in [1.807, 2.05) is 19.3 Å². The van der Waals surface area contributed by atoms with E-state index < -0.39 is 0 Å². The van der Waals surface area contributed by atoms with Crippen molar-refractivity contribution in [3.05, 3.63) is 65.0 Å². The van der Waals surface area contributed by atoms with Crippen molar-refractivity contribution in [1.29, 1.82) is 0 Å². The third-order valence-corrected chi connectivity index (χ3v) is 3.06. The lowest BCUT2D eigenvalue weighted by Crippen LogP contribution is -2.29. The molecular weight excluding hydrogens is 222 g/mol. The van der Waals surface area contributed by atoms with Gasteiger partial charge in [0.25, 0.3) is 0 Å². The summed E-state index contributed by atoms with van der Waals surface area (Å²) in [6, 6.07) is 10.7.